The smallest absolute Gasteiger partial charge is 0.305 e. The van der Waals surface area contributed by atoms with Gasteiger partial charge in [-0.25, -0.2) is 0 Å². The maximum atomic E-state index is 11.2. The normalized spacial score (nSPS) is 20.9. The average Bonchev–Trinajstić information content (AvgIpc) is 3.19. The van der Waals surface area contributed by atoms with E-state index in [1.165, 1.54) is 44.9 Å². The second-order valence-electron chi connectivity index (χ2n) is 5.61. The molecule has 1 N–H and O–H groups in total. The van der Waals surface area contributed by atoms with E-state index in [0.717, 1.165) is 12.8 Å². The minimum absolute atomic E-state index is 0.0994. The van der Waals surface area contributed by atoms with Gasteiger partial charge in [-0.2, -0.15) is 0 Å². The third kappa shape index (κ3) is 8.54. The number of carbonyl (C=O) groups excluding carboxylic acids is 1. The molecule has 2 atom stereocenters. The molecular formula is C16H30O4. The van der Waals surface area contributed by atoms with Gasteiger partial charge in [-0.3, -0.25) is 4.79 Å². The van der Waals surface area contributed by atoms with Crippen LogP contribution in [0.15, 0.2) is 0 Å². The van der Waals surface area contributed by atoms with E-state index < -0.39 is 0 Å². The van der Waals surface area contributed by atoms with Crippen LogP contribution in [-0.4, -0.2) is 36.5 Å². The van der Waals surface area contributed by atoms with Gasteiger partial charge < -0.3 is 14.6 Å². The van der Waals surface area contributed by atoms with Gasteiger partial charge in [0.15, 0.2) is 0 Å². The number of hydrogen-bond acceptors (Lipinski definition) is 4. The summed E-state index contributed by atoms with van der Waals surface area (Å²) in [6.07, 6.45) is 12.1. The highest BCUT2D eigenvalue weighted by atomic mass is 16.6. The highest BCUT2D eigenvalue weighted by molar-refractivity contribution is 5.69. The van der Waals surface area contributed by atoms with E-state index in [1.54, 1.807) is 0 Å². The van der Waals surface area contributed by atoms with Gasteiger partial charge in [-0.15, -0.1) is 0 Å². The molecule has 1 aliphatic rings. The Balaban J connectivity index is 1.85. The van der Waals surface area contributed by atoms with Crippen LogP contribution in [0, 0.1) is 0 Å². The summed E-state index contributed by atoms with van der Waals surface area (Å²) in [5.41, 5.74) is 0. The summed E-state index contributed by atoms with van der Waals surface area (Å²) in [5.74, 6) is -0.216. The second-order valence-corrected chi connectivity index (χ2v) is 5.61. The predicted octanol–water partition coefficient (Wildman–Crippen LogP) is 3.21. The Bertz CT molecular complexity index is 255. The van der Waals surface area contributed by atoms with Gasteiger partial charge in [0.25, 0.3) is 0 Å². The van der Waals surface area contributed by atoms with Crippen LogP contribution < -0.4 is 0 Å². The molecule has 4 nitrogen and oxygen atoms in total. The molecule has 0 aromatic heterocycles. The molecule has 20 heavy (non-hydrogen) atoms. The lowest BCUT2D eigenvalue weighted by Gasteiger charge is -2.01. The molecule has 1 heterocycles. The molecule has 0 aromatic rings. The van der Waals surface area contributed by atoms with E-state index in [0.29, 0.717) is 18.6 Å². The Morgan fingerprint density at radius 1 is 1.05 bits per heavy atom. The fraction of sp³-hybridized carbons (Fsp3) is 0.938. The summed E-state index contributed by atoms with van der Waals surface area (Å²) in [6, 6.07) is 0. The van der Waals surface area contributed by atoms with Gasteiger partial charge in [0.05, 0.1) is 18.8 Å². The standard InChI is InChI=1S/C16H30O4/c1-2-3-4-5-6-7-9-14-15(20-14)10-8-11-16(18)19-13-12-17/h14-15,17H,2-13H2,1H3. The van der Waals surface area contributed by atoms with E-state index in [9.17, 15) is 4.79 Å². The van der Waals surface area contributed by atoms with Gasteiger partial charge >= 0.3 is 5.97 Å². The van der Waals surface area contributed by atoms with Crippen molar-refractivity contribution in [2.75, 3.05) is 13.2 Å². The van der Waals surface area contributed by atoms with Crippen molar-refractivity contribution in [1.82, 2.24) is 0 Å². The number of esters is 1. The van der Waals surface area contributed by atoms with Crippen LogP contribution in [0.5, 0.6) is 0 Å². The Labute approximate surface area is 122 Å². The molecule has 1 saturated heterocycles. The molecule has 1 aliphatic heterocycles. The average molecular weight is 286 g/mol. The second kappa shape index (κ2) is 11.1. The van der Waals surface area contributed by atoms with Crippen molar-refractivity contribution in [2.45, 2.75) is 83.3 Å². The number of unbranched alkanes of at least 4 members (excludes halogenated alkanes) is 5. The van der Waals surface area contributed by atoms with Crippen LogP contribution in [0.4, 0.5) is 0 Å². The maximum absolute atomic E-state index is 11.2. The summed E-state index contributed by atoms with van der Waals surface area (Å²) < 4.78 is 10.4. The quantitative estimate of drug-likeness (QED) is 0.321. The van der Waals surface area contributed by atoms with Crippen molar-refractivity contribution in [3.63, 3.8) is 0 Å². The largest absolute Gasteiger partial charge is 0.463 e. The first-order chi connectivity index (χ1) is 9.77. The molecule has 4 heteroatoms. The van der Waals surface area contributed by atoms with Crippen LogP contribution >= 0.6 is 0 Å². The Kier molecular flexibility index (Phi) is 9.67. The number of carbonyl (C=O) groups is 1. The Morgan fingerprint density at radius 3 is 2.40 bits per heavy atom. The summed E-state index contributed by atoms with van der Waals surface area (Å²) in [5, 5.41) is 8.53. The first kappa shape index (κ1) is 17.4. The number of aliphatic hydroxyl groups is 1. The van der Waals surface area contributed by atoms with Crippen molar-refractivity contribution in [3.05, 3.63) is 0 Å². The van der Waals surface area contributed by atoms with Crippen molar-refractivity contribution in [1.29, 1.82) is 0 Å². The molecule has 2 unspecified atom stereocenters. The zero-order chi connectivity index (χ0) is 14.6. The van der Waals surface area contributed by atoms with E-state index >= 15 is 0 Å². The highest BCUT2D eigenvalue weighted by Crippen LogP contribution is 2.31. The molecule has 118 valence electrons. The number of aliphatic hydroxyl groups excluding tert-OH is 1. The van der Waals surface area contributed by atoms with Gasteiger partial charge in [-0.1, -0.05) is 45.4 Å². The summed E-state index contributed by atoms with van der Waals surface area (Å²) in [7, 11) is 0. The minimum atomic E-state index is -0.216. The van der Waals surface area contributed by atoms with Crippen molar-refractivity contribution in [3.8, 4) is 0 Å². The zero-order valence-corrected chi connectivity index (χ0v) is 12.8. The molecule has 1 rings (SSSR count). The first-order valence-electron chi connectivity index (χ1n) is 8.20. The summed E-state index contributed by atoms with van der Waals surface area (Å²) in [4.78, 5) is 11.2. The molecule has 1 fully saturated rings. The molecule has 0 aromatic carbocycles. The molecule has 0 amide bonds. The Hall–Kier alpha value is -0.610. The fourth-order valence-corrected chi connectivity index (χ4v) is 2.49. The summed E-state index contributed by atoms with van der Waals surface area (Å²) in [6.45, 7) is 2.25. The lowest BCUT2D eigenvalue weighted by Crippen LogP contribution is -2.08. The number of epoxide rings is 1. The molecule has 0 saturated carbocycles. The van der Waals surface area contributed by atoms with Crippen LogP contribution in [0.3, 0.4) is 0 Å². The zero-order valence-electron chi connectivity index (χ0n) is 12.8. The topological polar surface area (TPSA) is 59.1 Å². The summed E-state index contributed by atoms with van der Waals surface area (Å²) >= 11 is 0. The fourth-order valence-electron chi connectivity index (χ4n) is 2.49. The minimum Gasteiger partial charge on any atom is -0.463 e. The highest BCUT2D eigenvalue weighted by Gasteiger charge is 2.37. The molecule has 0 radical (unpaired) electrons. The van der Waals surface area contributed by atoms with E-state index in [4.69, 9.17) is 14.6 Å². The van der Waals surface area contributed by atoms with Gasteiger partial charge in [0.1, 0.15) is 6.61 Å². The third-order valence-corrected chi connectivity index (χ3v) is 3.75. The van der Waals surface area contributed by atoms with Crippen LogP contribution in [0.1, 0.15) is 71.1 Å². The maximum Gasteiger partial charge on any atom is 0.305 e. The predicted molar refractivity (Wildman–Crippen MR) is 78.5 cm³/mol. The lowest BCUT2D eigenvalue weighted by molar-refractivity contribution is -0.144. The van der Waals surface area contributed by atoms with Crippen molar-refractivity contribution < 1.29 is 19.4 Å². The number of ether oxygens (including phenoxy) is 2. The molecular weight excluding hydrogens is 256 g/mol. The van der Waals surface area contributed by atoms with E-state index in [-0.39, 0.29) is 19.2 Å². The van der Waals surface area contributed by atoms with Crippen LogP contribution in [0.2, 0.25) is 0 Å². The molecule has 0 spiro atoms. The van der Waals surface area contributed by atoms with Gasteiger partial charge in [0.2, 0.25) is 0 Å². The lowest BCUT2D eigenvalue weighted by atomic mass is 10.1. The molecule has 0 aliphatic carbocycles. The Morgan fingerprint density at radius 2 is 1.70 bits per heavy atom. The first-order valence-corrected chi connectivity index (χ1v) is 8.20. The number of hydrogen-bond donors (Lipinski definition) is 1. The van der Waals surface area contributed by atoms with E-state index in [2.05, 4.69) is 6.92 Å². The molecule has 0 bridgehead atoms. The van der Waals surface area contributed by atoms with Crippen LogP contribution in [0.25, 0.3) is 0 Å². The van der Waals surface area contributed by atoms with Gasteiger partial charge in [-0.05, 0) is 19.3 Å². The number of rotatable bonds is 13. The van der Waals surface area contributed by atoms with Crippen molar-refractivity contribution in [2.24, 2.45) is 0 Å². The SMILES string of the molecule is CCCCCCCCC1OC1CCCC(=O)OCCO. The van der Waals surface area contributed by atoms with Crippen LogP contribution in [-0.2, 0) is 14.3 Å². The third-order valence-electron chi connectivity index (χ3n) is 3.75. The van der Waals surface area contributed by atoms with E-state index in [1.807, 2.05) is 0 Å². The van der Waals surface area contributed by atoms with Crippen molar-refractivity contribution >= 4 is 5.97 Å². The van der Waals surface area contributed by atoms with Gasteiger partial charge in [0, 0.05) is 6.42 Å². The monoisotopic (exact) mass is 286 g/mol.